The predicted octanol–water partition coefficient (Wildman–Crippen LogP) is 1.55. The molecule has 0 aliphatic heterocycles. The van der Waals surface area contributed by atoms with Crippen LogP contribution >= 0.6 is 0 Å². The number of aromatic nitrogens is 2. The average Bonchev–Trinajstić information content (AvgIpc) is 2.94. The van der Waals surface area contributed by atoms with Crippen molar-refractivity contribution in [1.82, 2.24) is 14.3 Å². The van der Waals surface area contributed by atoms with Crippen LogP contribution in [0.15, 0.2) is 47.9 Å². The largest absolute Gasteiger partial charge is 0.394 e. The van der Waals surface area contributed by atoms with E-state index in [1.807, 2.05) is 19.9 Å². The molecule has 1 aromatic heterocycles. The van der Waals surface area contributed by atoms with Crippen LogP contribution in [0, 0.1) is 5.92 Å². The zero-order valence-electron chi connectivity index (χ0n) is 12.7. The number of benzene rings is 1. The Bertz CT molecular complexity index is 696. The lowest BCUT2D eigenvalue weighted by atomic mass is 10.1. The van der Waals surface area contributed by atoms with Gasteiger partial charge in [-0.15, -0.1) is 0 Å². The first-order valence-electron chi connectivity index (χ1n) is 7.12. The topological polar surface area (TPSA) is 84.2 Å². The molecule has 0 amide bonds. The Balaban J connectivity index is 2.17. The number of imidazole rings is 1. The highest BCUT2D eigenvalue weighted by Crippen LogP contribution is 2.16. The summed E-state index contributed by atoms with van der Waals surface area (Å²) in [6.45, 7) is 4.47. The van der Waals surface area contributed by atoms with Gasteiger partial charge in [-0.1, -0.05) is 44.2 Å². The van der Waals surface area contributed by atoms with E-state index in [2.05, 4.69) is 9.71 Å². The molecule has 120 valence electrons. The lowest BCUT2D eigenvalue weighted by Crippen LogP contribution is -2.31. The third-order valence-electron chi connectivity index (χ3n) is 3.14. The van der Waals surface area contributed by atoms with E-state index < -0.39 is 16.1 Å². The lowest BCUT2D eigenvalue weighted by molar-refractivity contribution is 0.259. The third-order valence-corrected chi connectivity index (χ3v) is 4.50. The smallest absolute Gasteiger partial charge is 0.260 e. The van der Waals surface area contributed by atoms with Gasteiger partial charge in [0.2, 0.25) is 0 Å². The van der Waals surface area contributed by atoms with Gasteiger partial charge in [-0.3, -0.25) is 0 Å². The Morgan fingerprint density at radius 2 is 1.95 bits per heavy atom. The average molecular weight is 323 g/mol. The highest BCUT2D eigenvalue weighted by molar-refractivity contribution is 7.89. The molecular weight excluding hydrogens is 302 g/mol. The first kappa shape index (κ1) is 16.7. The summed E-state index contributed by atoms with van der Waals surface area (Å²) in [4.78, 5) is 3.95. The molecule has 0 aliphatic carbocycles. The number of aliphatic hydroxyl groups excluding tert-OH is 1. The molecule has 0 unspecified atom stereocenters. The standard InChI is InChI=1S/C15H21N3O3S/c1-12(2)8-18-9-15(16-11-18)22(20,21)17-14(10-19)13-6-4-3-5-7-13/h3-7,9,11-12,14,17,19H,8,10H2,1-2H3/t14-/m1/s1. The van der Waals surface area contributed by atoms with Crippen molar-refractivity contribution in [1.29, 1.82) is 0 Å². The van der Waals surface area contributed by atoms with Crippen molar-refractivity contribution in [2.24, 2.45) is 5.92 Å². The van der Waals surface area contributed by atoms with E-state index in [9.17, 15) is 13.5 Å². The minimum absolute atomic E-state index is 0.0393. The maximum Gasteiger partial charge on any atom is 0.260 e. The van der Waals surface area contributed by atoms with E-state index in [-0.39, 0.29) is 11.6 Å². The first-order chi connectivity index (χ1) is 10.4. The van der Waals surface area contributed by atoms with Crippen LogP contribution in [0.1, 0.15) is 25.5 Å². The molecule has 0 saturated heterocycles. The van der Waals surface area contributed by atoms with Gasteiger partial charge in [0, 0.05) is 12.7 Å². The molecule has 0 radical (unpaired) electrons. The van der Waals surface area contributed by atoms with Crippen LogP contribution in [0.4, 0.5) is 0 Å². The van der Waals surface area contributed by atoms with Gasteiger partial charge in [-0.25, -0.2) is 13.4 Å². The van der Waals surface area contributed by atoms with Gasteiger partial charge in [0.05, 0.1) is 19.0 Å². The molecule has 2 aromatic rings. The Morgan fingerprint density at radius 1 is 1.27 bits per heavy atom. The molecule has 7 heteroatoms. The monoisotopic (exact) mass is 323 g/mol. The molecule has 0 bridgehead atoms. The number of nitrogens with one attached hydrogen (secondary N) is 1. The molecule has 2 rings (SSSR count). The normalized spacial score (nSPS) is 13.5. The van der Waals surface area contributed by atoms with Gasteiger partial charge in [-0.05, 0) is 11.5 Å². The zero-order chi connectivity index (χ0) is 16.2. The fourth-order valence-electron chi connectivity index (χ4n) is 2.14. The van der Waals surface area contributed by atoms with E-state index in [4.69, 9.17) is 0 Å². The third kappa shape index (κ3) is 4.16. The number of nitrogens with zero attached hydrogens (tertiary/aromatic N) is 2. The fraction of sp³-hybridized carbons (Fsp3) is 0.400. The zero-order valence-corrected chi connectivity index (χ0v) is 13.5. The van der Waals surface area contributed by atoms with Crippen molar-refractivity contribution in [2.45, 2.75) is 31.5 Å². The second-order valence-electron chi connectivity index (χ2n) is 5.57. The summed E-state index contributed by atoms with van der Waals surface area (Å²) in [7, 11) is -3.78. The Hall–Kier alpha value is -1.70. The minimum Gasteiger partial charge on any atom is -0.394 e. The quantitative estimate of drug-likeness (QED) is 0.810. The Kier molecular flexibility index (Phi) is 5.33. The van der Waals surface area contributed by atoms with Crippen molar-refractivity contribution in [2.75, 3.05) is 6.61 Å². The van der Waals surface area contributed by atoms with E-state index in [0.29, 0.717) is 18.0 Å². The van der Waals surface area contributed by atoms with Crippen LogP contribution in [-0.4, -0.2) is 29.7 Å². The summed E-state index contributed by atoms with van der Waals surface area (Å²) in [6.07, 6.45) is 3.01. The molecular formula is C15H21N3O3S. The van der Waals surface area contributed by atoms with Crippen molar-refractivity contribution < 1.29 is 13.5 Å². The molecule has 1 heterocycles. The summed E-state index contributed by atoms with van der Waals surface area (Å²) in [5, 5.41) is 9.42. The molecule has 22 heavy (non-hydrogen) atoms. The predicted molar refractivity (Wildman–Crippen MR) is 83.7 cm³/mol. The molecule has 0 spiro atoms. The lowest BCUT2D eigenvalue weighted by Gasteiger charge is -2.15. The second-order valence-corrected chi connectivity index (χ2v) is 7.23. The van der Waals surface area contributed by atoms with Crippen LogP contribution in [-0.2, 0) is 16.6 Å². The Morgan fingerprint density at radius 3 is 2.55 bits per heavy atom. The van der Waals surface area contributed by atoms with Crippen LogP contribution in [0.5, 0.6) is 0 Å². The maximum absolute atomic E-state index is 12.4. The summed E-state index contributed by atoms with van der Waals surface area (Å²) in [5.41, 5.74) is 0.704. The first-order valence-corrected chi connectivity index (χ1v) is 8.60. The van der Waals surface area contributed by atoms with Crippen molar-refractivity contribution in [3.8, 4) is 0 Å². The summed E-state index contributed by atoms with van der Waals surface area (Å²) >= 11 is 0. The second kappa shape index (κ2) is 7.04. The fourth-order valence-corrected chi connectivity index (χ4v) is 3.31. The van der Waals surface area contributed by atoms with Gasteiger partial charge in [0.15, 0.2) is 5.03 Å². The molecule has 0 aliphatic rings. The van der Waals surface area contributed by atoms with Gasteiger partial charge in [0.1, 0.15) is 0 Å². The molecule has 2 N–H and O–H groups in total. The summed E-state index contributed by atoms with van der Waals surface area (Å²) in [6, 6.07) is 8.26. The van der Waals surface area contributed by atoms with Crippen molar-refractivity contribution >= 4 is 10.0 Å². The van der Waals surface area contributed by atoms with Crippen LogP contribution < -0.4 is 4.72 Å². The van der Waals surface area contributed by atoms with Gasteiger partial charge >= 0.3 is 0 Å². The van der Waals surface area contributed by atoms with E-state index in [1.165, 1.54) is 12.5 Å². The van der Waals surface area contributed by atoms with Crippen LogP contribution in [0.3, 0.4) is 0 Å². The highest BCUT2D eigenvalue weighted by Gasteiger charge is 2.23. The summed E-state index contributed by atoms with van der Waals surface area (Å²) < 4.78 is 29.0. The van der Waals surface area contributed by atoms with Gasteiger partial charge in [0.25, 0.3) is 10.0 Å². The molecule has 1 atom stereocenters. The van der Waals surface area contributed by atoms with Crippen molar-refractivity contribution in [3.63, 3.8) is 0 Å². The van der Waals surface area contributed by atoms with Gasteiger partial charge < -0.3 is 9.67 Å². The molecule has 6 nitrogen and oxygen atoms in total. The highest BCUT2D eigenvalue weighted by atomic mass is 32.2. The molecule has 1 aromatic carbocycles. The van der Waals surface area contributed by atoms with E-state index >= 15 is 0 Å². The maximum atomic E-state index is 12.4. The number of sulfonamides is 1. The summed E-state index contributed by atoms with van der Waals surface area (Å²) in [5.74, 6) is 0.396. The van der Waals surface area contributed by atoms with Crippen molar-refractivity contribution in [3.05, 3.63) is 48.4 Å². The molecule has 0 saturated carbocycles. The number of rotatable bonds is 7. The number of hydrogen-bond acceptors (Lipinski definition) is 4. The number of hydrogen-bond donors (Lipinski definition) is 2. The molecule has 0 fully saturated rings. The van der Waals surface area contributed by atoms with E-state index in [1.54, 1.807) is 28.8 Å². The minimum atomic E-state index is -3.78. The SMILES string of the molecule is CC(C)Cn1cnc(S(=O)(=O)N[C@H](CO)c2ccccc2)c1. The number of aliphatic hydroxyl groups is 1. The van der Waals surface area contributed by atoms with Gasteiger partial charge in [-0.2, -0.15) is 4.72 Å². The Labute approximate surface area is 130 Å². The van der Waals surface area contributed by atoms with Crippen LogP contribution in [0.25, 0.3) is 0 Å². The van der Waals surface area contributed by atoms with Crippen LogP contribution in [0.2, 0.25) is 0 Å². The van der Waals surface area contributed by atoms with E-state index in [0.717, 1.165) is 0 Å².